The van der Waals surface area contributed by atoms with Crippen LogP contribution in [0.4, 0.5) is 0 Å². The zero-order chi connectivity index (χ0) is 22.1. The van der Waals surface area contributed by atoms with E-state index in [0.717, 1.165) is 30.5 Å². The van der Waals surface area contributed by atoms with E-state index >= 15 is 0 Å². The average Bonchev–Trinajstić information content (AvgIpc) is 3.55. The van der Waals surface area contributed by atoms with E-state index in [9.17, 15) is 9.59 Å². The molecule has 1 aliphatic heterocycles. The summed E-state index contributed by atoms with van der Waals surface area (Å²) in [6, 6.07) is 9.97. The molecule has 1 saturated heterocycles. The predicted octanol–water partition coefficient (Wildman–Crippen LogP) is 3.00. The maximum atomic E-state index is 13.1. The molecule has 0 spiro atoms. The van der Waals surface area contributed by atoms with E-state index in [2.05, 4.69) is 15.5 Å². The van der Waals surface area contributed by atoms with Crippen molar-refractivity contribution in [2.24, 2.45) is 0 Å². The van der Waals surface area contributed by atoms with E-state index in [1.54, 1.807) is 4.57 Å². The number of nitrogens with zero attached hydrogens (tertiary/aromatic N) is 4. The molecular weight excluding hydrogens is 446 g/mol. The third-order valence-corrected chi connectivity index (χ3v) is 7.36. The van der Waals surface area contributed by atoms with Crippen molar-refractivity contribution in [3.05, 3.63) is 57.2 Å². The molecule has 166 valence electrons. The maximum Gasteiger partial charge on any atom is 0.272 e. The smallest absolute Gasteiger partial charge is 0.272 e. The van der Waals surface area contributed by atoms with Gasteiger partial charge in [0.25, 0.3) is 5.56 Å². The van der Waals surface area contributed by atoms with Crippen LogP contribution in [0.25, 0.3) is 16.0 Å². The molecule has 1 aliphatic rings. The Bertz CT molecular complexity index is 1320. The number of carbonyl (C=O) groups excluding carboxylic acids is 1. The molecule has 32 heavy (non-hydrogen) atoms. The number of aromatic nitrogens is 4. The third-order valence-electron chi connectivity index (χ3n) is 5.54. The Kier molecular flexibility index (Phi) is 5.99. The van der Waals surface area contributed by atoms with E-state index in [1.165, 1.54) is 28.7 Å². The maximum absolute atomic E-state index is 13.1. The largest absolute Gasteiger partial charge is 0.376 e. The molecule has 0 saturated carbocycles. The first-order valence-corrected chi connectivity index (χ1v) is 12.4. The summed E-state index contributed by atoms with van der Waals surface area (Å²) in [6.45, 7) is 3.70. The van der Waals surface area contributed by atoms with Crippen LogP contribution in [-0.2, 0) is 22.6 Å². The minimum Gasteiger partial charge on any atom is -0.376 e. The molecule has 8 nitrogen and oxygen atoms in total. The van der Waals surface area contributed by atoms with Crippen molar-refractivity contribution in [3.8, 4) is 0 Å². The van der Waals surface area contributed by atoms with Crippen LogP contribution in [0.1, 0.15) is 24.0 Å². The van der Waals surface area contributed by atoms with Gasteiger partial charge in [-0.05, 0) is 36.8 Å². The lowest BCUT2D eigenvalue weighted by atomic mass is 10.1. The first kappa shape index (κ1) is 21.2. The molecule has 0 bridgehead atoms. The Morgan fingerprint density at radius 3 is 2.91 bits per heavy atom. The number of aryl methyl sites for hydroxylation is 1. The van der Waals surface area contributed by atoms with Crippen molar-refractivity contribution in [2.75, 3.05) is 12.4 Å². The highest BCUT2D eigenvalue weighted by atomic mass is 32.2. The molecule has 1 N–H and O–H groups in total. The summed E-state index contributed by atoms with van der Waals surface area (Å²) in [5, 5.41) is 14.0. The number of nitrogens with one attached hydrogen (secondary N) is 1. The molecular formula is C22H23N5O3S2. The average molecular weight is 470 g/mol. The molecule has 1 atom stereocenters. The van der Waals surface area contributed by atoms with Gasteiger partial charge in [-0.15, -0.1) is 21.5 Å². The van der Waals surface area contributed by atoms with E-state index in [-0.39, 0.29) is 23.3 Å². The number of ether oxygens (including phenoxy) is 1. The lowest BCUT2D eigenvalue weighted by Gasteiger charge is -2.13. The number of benzene rings is 1. The lowest BCUT2D eigenvalue weighted by Crippen LogP contribution is -2.28. The van der Waals surface area contributed by atoms with Crippen LogP contribution in [-0.4, -0.2) is 43.5 Å². The van der Waals surface area contributed by atoms with Gasteiger partial charge >= 0.3 is 0 Å². The van der Waals surface area contributed by atoms with Gasteiger partial charge in [0.05, 0.1) is 23.9 Å². The normalized spacial score (nSPS) is 16.2. The van der Waals surface area contributed by atoms with Crippen molar-refractivity contribution in [1.82, 2.24) is 24.5 Å². The van der Waals surface area contributed by atoms with Crippen LogP contribution >= 0.6 is 23.1 Å². The second-order valence-electron chi connectivity index (χ2n) is 7.85. The fourth-order valence-corrected chi connectivity index (χ4v) is 5.43. The van der Waals surface area contributed by atoms with Crippen molar-refractivity contribution in [2.45, 2.75) is 44.1 Å². The minimum absolute atomic E-state index is 0.00858. The Labute approximate surface area is 192 Å². The summed E-state index contributed by atoms with van der Waals surface area (Å²) in [7, 11) is 0. The fraction of sp³-hybridized carbons (Fsp3) is 0.364. The SMILES string of the molecule is Cc1ccc(CNC(=O)CSc2nnc3n(C[C@H]4CCCO4)c(=O)c4sccc4n23)cc1. The van der Waals surface area contributed by atoms with Gasteiger partial charge in [0.1, 0.15) is 4.70 Å². The number of rotatable bonds is 7. The first-order valence-electron chi connectivity index (χ1n) is 10.5. The van der Waals surface area contributed by atoms with Gasteiger partial charge in [-0.1, -0.05) is 41.6 Å². The van der Waals surface area contributed by atoms with Gasteiger partial charge in [0.15, 0.2) is 5.16 Å². The highest BCUT2D eigenvalue weighted by Gasteiger charge is 2.22. The molecule has 0 unspecified atom stereocenters. The van der Waals surface area contributed by atoms with Crippen LogP contribution in [0, 0.1) is 6.92 Å². The molecule has 0 radical (unpaired) electrons. The summed E-state index contributed by atoms with van der Waals surface area (Å²) < 4.78 is 9.92. The number of carbonyl (C=O) groups is 1. The Morgan fingerprint density at radius 1 is 1.28 bits per heavy atom. The summed E-state index contributed by atoms with van der Waals surface area (Å²) >= 11 is 2.72. The van der Waals surface area contributed by atoms with E-state index < -0.39 is 0 Å². The number of hydrogen-bond donors (Lipinski definition) is 1. The van der Waals surface area contributed by atoms with Crippen LogP contribution < -0.4 is 10.9 Å². The number of thiophene rings is 1. The standard InChI is InChI=1S/C22H23N5O3S2/c1-14-4-6-15(7-5-14)11-23-18(28)13-32-22-25-24-21-26(12-16-3-2-9-30-16)20(29)19-17(27(21)22)8-10-31-19/h4-8,10,16H,2-3,9,11-13H2,1H3,(H,23,28)/t16-/m1/s1. The summed E-state index contributed by atoms with van der Waals surface area (Å²) in [5.74, 6) is 0.615. The Balaban J connectivity index is 1.36. The third kappa shape index (κ3) is 4.17. The molecule has 0 aliphatic carbocycles. The highest BCUT2D eigenvalue weighted by molar-refractivity contribution is 7.99. The molecule has 5 rings (SSSR count). The monoisotopic (exact) mass is 469 g/mol. The van der Waals surface area contributed by atoms with Crippen LogP contribution in [0.3, 0.4) is 0 Å². The van der Waals surface area contributed by atoms with Gasteiger partial charge in [0.2, 0.25) is 11.7 Å². The van der Waals surface area contributed by atoms with Crippen LogP contribution in [0.2, 0.25) is 0 Å². The molecule has 10 heteroatoms. The first-order chi connectivity index (χ1) is 15.6. The lowest BCUT2D eigenvalue weighted by molar-refractivity contribution is -0.118. The van der Waals surface area contributed by atoms with Gasteiger partial charge in [-0.25, -0.2) is 0 Å². The second-order valence-corrected chi connectivity index (χ2v) is 9.71. The number of fused-ring (bicyclic) bond motifs is 3. The van der Waals surface area contributed by atoms with E-state index in [0.29, 0.717) is 28.7 Å². The van der Waals surface area contributed by atoms with Crippen molar-refractivity contribution in [3.63, 3.8) is 0 Å². The second kappa shape index (κ2) is 9.05. The van der Waals surface area contributed by atoms with Gasteiger partial charge < -0.3 is 10.1 Å². The summed E-state index contributed by atoms with van der Waals surface area (Å²) in [5.41, 5.74) is 2.94. The topological polar surface area (TPSA) is 90.5 Å². The van der Waals surface area contributed by atoms with Crippen molar-refractivity contribution >= 4 is 45.0 Å². The summed E-state index contributed by atoms with van der Waals surface area (Å²) in [6.07, 6.45) is 1.94. The minimum atomic E-state index is -0.0819. The summed E-state index contributed by atoms with van der Waals surface area (Å²) in [4.78, 5) is 25.5. The molecule has 1 aromatic carbocycles. The molecule has 3 aromatic heterocycles. The number of hydrogen-bond acceptors (Lipinski definition) is 7. The molecule has 4 aromatic rings. The van der Waals surface area contributed by atoms with Gasteiger partial charge in [-0.3, -0.25) is 18.6 Å². The molecule has 4 heterocycles. The van der Waals surface area contributed by atoms with Crippen LogP contribution in [0.15, 0.2) is 45.7 Å². The van der Waals surface area contributed by atoms with Crippen molar-refractivity contribution in [1.29, 1.82) is 0 Å². The quantitative estimate of drug-likeness (QED) is 0.419. The highest BCUT2D eigenvalue weighted by Crippen LogP contribution is 2.25. The fourth-order valence-electron chi connectivity index (χ4n) is 3.84. The zero-order valence-corrected chi connectivity index (χ0v) is 19.2. The molecule has 1 fully saturated rings. The van der Waals surface area contributed by atoms with Crippen LogP contribution in [0.5, 0.6) is 0 Å². The van der Waals surface area contributed by atoms with E-state index in [1.807, 2.05) is 47.0 Å². The van der Waals surface area contributed by atoms with Gasteiger partial charge in [-0.2, -0.15) is 0 Å². The number of thioether (sulfide) groups is 1. The van der Waals surface area contributed by atoms with E-state index in [4.69, 9.17) is 4.74 Å². The zero-order valence-electron chi connectivity index (χ0n) is 17.6. The number of amides is 1. The molecule has 1 amide bonds. The Morgan fingerprint density at radius 2 is 2.12 bits per heavy atom. The van der Waals surface area contributed by atoms with Crippen molar-refractivity contribution < 1.29 is 9.53 Å². The predicted molar refractivity (Wildman–Crippen MR) is 125 cm³/mol. The van der Waals surface area contributed by atoms with Gasteiger partial charge in [0, 0.05) is 13.2 Å². The Hall–Kier alpha value is -2.69.